The minimum Gasteiger partial charge on any atom is -0.469 e. The minimum absolute atomic E-state index is 0.107. The van der Waals surface area contributed by atoms with E-state index in [-0.39, 0.29) is 24.8 Å². The van der Waals surface area contributed by atoms with Crippen LogP contribution < -0.4 is 0 Å². The molecule has 0 fully saturated rings. The predicted octanol–water partition coefficient (Wildman–Crippen LogP) is 3.77. The third-order valence-electron chi connectivity index (χ3n) is 3.56. The molecule has 0 unspecified atom stereocenters. The summed E-state index contributed by atoms with van der Waals surface area (Å²) in [5.74, 6) is -0.650. The van der Waals surface area contributed by atoms with Gasteiger partial charge in [-0.25, -0.2) is 4.98 Å². The average molecular weight is 417 g/mol. The molecule has 9 heteroatoms. The molecule has 0 aliphatic heterocycles. The minimum atomic E-state index is -0.380. The lowest BCUT2D eigenvalue weighted by atomic mass is 10.2. The monoisotopic (exact) mass is 416 g/mol. The van der Waals surface area contributed by atoms with E-state index in [2.05, 4.69) is 9.72 Å². The number of methoxy groups -OCH3 is 2. The summed E-state index contributed by atoms with van der Waals surface area (Å²) in [6.45, 7) is 0.942. The van der Waals surface area contributed by atoms with Gasteiger partial charge in [0.05, 0.1) is 30.2 Å². The zero-order valence-corrected chi connectivity index (χ0v) is 16.7. The van der Waals surface area contributed by atoms with Crippen molar-refractivity contribution in [2.75, 3.05) is 33.9 Å². The summed E-state index contributed by atoms with van der Waals surface area (Å²) in [5.41, 5.74) is 1.08. The Labute approximate surface area is 165 Å². The first-order chi connectivity index (χ1) is 12.5. The second-order valence-corrected chi connectivity index (χ2v) is 6.95. The maximum atomic E-state index is 12.7. The molecule has 0 atom stereocenters. The molecule has 1 aromatic carbocycles. The second kappa shape index (κ2) is 9.87. The number of carbonyl (C=O) groups excluding carboxylic acids is 2. The van der Waals surface area contributed by atoms with Gasteiger partial charge in [0, 0.05) is 31.1 Å². The first-order valence-corrected chi connectivity index (χ1v) is 9.35. The number of benzene rings is 1. The van der Waals surface area contributed by atoms with Crippen molar-refractivity contribution in [3.05, 3.63) is 39.3 Å². The standard InChI is InChI=1S/C17H18Cl2N2O4S/c1-24-8-7-21(6-5-15(22)25-2)17(23)14-10-26-16(20-14)11-3-4-12(18)13(19)9-11/h3-4,9-10H,5-8H2,1-2H3. The third-order valence-corrected chi connectivity index (χ3v) is 5.19. The van der Waals surface area contributed by atoms with Crippen molar-refractivity contribution in [1.29, 1.82) is 0 Å². The van der Waals surface area contributed by atoms with E-state index < -0.39 is 0 Å². The number of amides is 1. The lowest BCUT2D eigenvalue weighted by molar-refractivity contribution is -0.140. The molecule has 6 nitrogen and oxygen atoms in total. The van der Waals surface area contributed by atoms with Gasteiger partial charge in [0.1, 0.15) is 10.7 Å². The Kier molecular flexibility index (Phi) is 7.84. The lowest BCUT2D eigenvalue weighted by Gasteiger charge is -2.20. The highest BCUT2D eigenvalue weighted by molar-refractivity contribution is 7.13. The first-order valence-electron chi connectivity index (χ1n) is 7.72. The summed E-state index contributed by atoms with van der Waals surface area (Å²) in [4.78, 5) is 30.0. The van der Waals surface area contributed by atoms with Crippen LogP contribution in [0.15, 0.2) is 23.6 Å². The van der Waals surface area contributed by atoms with E-state index in [1.54, 1.807) is 30.7 Å². The van der Waals surface area contributed by atoms with E-state index in [0.717, 1.165) is 5.56 Å². The Bertz CT molecular complexity index is 782. The van der Waals surface area contributed by atoms with Gasteiger partial charge >= 0.3 is 5.97 Å². The van der Waals surface area contributed by atoms with Crippen LogP contribution in [0.1, 0.15) is 16.9 Å². The maximum Gasteiger partial charge on any atom is 0.307 e. The number of thiazole rings is 1. The van der Waals surface area contributed by atoms with Gasteiger partial charge in [-0.3, -0.25) is 9.59 Å². The number of rotatable bonds is 8. The van der Waals surface area contributed by atoms with Gasteiger partial charge in [0.25, 0.3) is 5.91 Å². The fourth-order valence-corrected chi connectivity index (χ4v) is 3.23. The van der Waals surface area contributed by atoms with Crippen molar-refractivity contribution in [3.63, 3.8) is 0 Å². The quantitative estimate of drug-likeness (QED) is 0.612. The van der Waals surface area contributed by atoms with Gasteiger partial charge in [0.15, 0.2) is 0 Å². The zero-order valence-electron chi connectivity index (χ0n) is 14.3. The van der Waals surface area contributed by atoms with Crippen LogP contribution in [0, 0.1) is 0 Å². The molecule has 0 saturated carbocycles. The Morgan fingerprint density at radius 2 is 1.96 bits per heavy atom. The van der Waals surface area contributed by atoms with Crippen LogP contribution in [0.25, 0.3) is 10.6 Å². The van der Waals surface area contributed by atoms with E-state index in [0.29, 0.717) is 33.9 Å². The van der Waals surface area contributed by atoms with Gasteiger partial charge in [-0.2, -0.15) is 0 Å². The first kappa shape index (κ1) is 20.6. The molecule has 1 heterocycles. The Morgan fingerprint density at radius 1 is 1.19 bits per heavy atom. The number of hydrogen-bond acceptors (Lipinski definition) is 6. The molecule has 140 valence electrons. The number of aromatic nitrogens is 1. The highest BCUT2D eigenvalue weighted by Gasteiger charge is 2.20. The molecule has 26 heavy (non-hydrogen) atoms. The molecular formula is C17H18Cl2N2O4S. The number of esters is 1. The summed E-state index contributed by atoms with van der Waals surface area (Å²) in [6.07, 6.45) is 0.107. The van der Waals surface area contributed by atoms with E-state index in [1.165, 1.54) is 23.3 Å². The maximum absolute atomic E-state index is 12.7. The molecule has 0 aliphatic carbocycles. The molecule has 1 amide bonds. The van der Waals surface area contributed by atoms with Crippen LogP contribution in [0.5, 0.6) is 0 Å². The predicted molar refractivity (Wildman–Crippen MR) is 102 cm³/mol. The van der Waals surface area contributed by atoms with E-state index in [1.807, 2.05) is 0 Å². The van der Waals surface area contributed by atoms with Crippen LogP contribution in [0.4, 0.5) is 0 Å². The summed E-state index contributed by atoms with van der Waals surface area (Å²) >= 11 is 13.3. The van der Waals surface area contributed by atoms with Crippen LogP contribution >= 0.6 is 34.5 Å². The van der Waals surface area contributed by atoms with Crippen molar-refractivity contribution in [2.24, 2.45) is 0 Å². The topological polar surface area (TPSA) is 68.7 Å². The van der Waals surface area contributed by atoms with Crippen LogP contribution in [0.2, 0.25) is 10.0 Å². The van der Waals surface area contributed by atoms with Crippen molar-refractivity contribution < 1.29 is 19.1 Å². The van der Waals surface area contributed by atoms with Gasteiger partial charge in [0.2, 0.25) is 0 Å². The fourth-order valence-electron chi connectivity index (χ4n) is 2.14. The van der Waals surface area contributed by atoms with Gasteiger partial charge < -0.3 is 14.4 Å². The average Bonchev–Trinajstić information content (AvgIpc) is 3.13. The van der Waals surface area contributed by atoms with Crippen LogP contribution in [0.3, 0.4) is 0 Å². The smallest absolute Gasteiger partial charge is 0.307 e. The van der Waals surface area contributed by atoms with Crippen molar-refractivity contribution >= 4 is 46.4 Å². The molecule has 0 saturated heterocycles. The molecule has 0 radical (unpaired) electrons. The molecule has 0 spiro atoms. The largest absolute Gasteiger partial charge is 0.469 e. The Morgan fingerprint density at radius 3 is 2.62 bits per heavy atom. The zero-order chi connectivity index (χ0) is 19.1. The normalized spacial score (nSPS) is 10.6. The molecule has 0 aliphatic rings. The van der Waals surface area contributed by atoms with Crippen molar-refractivity contribution in [3.8, 4) is 10.6 Å². The molecule has 2 rings (SSSR count). The number of nitrogens with zero attached hydrogens (tertiary/aromatic N) is 2. The van der Waals surface area contributed by atoms with Gasteiger partial charge in [-0.15, -0.1) is 11.3 Å². The SMILES string of the molecule is COCCN(CCC(=O)OC)C(=O)c1csc(-c2ccc(Cl)c(Cl)c2)n1. The fraction of sp³-hybridized carbons (Fsp3) is 0.353. The Hall–Kier alpha value is -1.67. The molecule has 0 N–H and O–H groups in total. The van der Waals surface area contributed by atoms with E-state index in [4.69, 9.17) is 27.9 Å². The van der Waals surface area contributed by atoms with Gasteiger partial charge in [-0.1, -0.05) is 29.3 Å². The molecule has 1 aromatic heterocycles. The number of ether oxygens (including phenoxy) is 2. The van der Waals surface area contributed by atoms with Crippen LogP contribution in [-0.2, 0) is 14.3 Å². The third kappa shape index (κ3) is 5.41. The summed E-state index contributed by atoms with van der Waals surface area (Å²) < 4.78 is 9.66. The van der Waals surface area contributed by atoms with Crippen LogP contribution in [-0.4, -0.2) is 55.7 Å². The van der Waals surface area contributed by atoms with Crippen molar-refractivity contribution in [2.45, 2.75) is 6.42 Å². The second-order valence-electron chi connectivity index (χ2n) is 5.28. The molecule has 0 bridgehead atoms. The summed E-state index contributed by atoms with van der Waals surface area (Å²) in [5, 5.41) is 3.22. The summed E-state index contributed by atoms with van der Waals surface area (Å²) in [6, 6.07) is 5.18. The molecular weight excluding hydrogens is 399 g/mol. The Balaban J connectivity index is 2.16. The summed E-state index contributed by atoms with van der Waals surface area (Å²) in [7, 11) is 2.86. The number of hydrogen-bond donors (Lipinski definition) is 0. The van der Waals surface area contributed by atoms with Gasteiger partial charge in [-0.05, 0) is 12.1 Å². The molecule has 2 aromatic rings. The van der Waals surface area contributed by atoms with E-state index in [9.17, 15) is 9.59 Å². The highest BCUT2D eigenvalue weighted by atomic mass is 35.5. The lowest BCUT2D eigenvalue weighted by Crippen LogP contribution is -2.36. The number of carbonyl (C=O) groups is 2. The number of halogens is 2. The van der Waals surface area contributed by atoms with Crippen molar-refractivity contribution in [1.82, 2.24) is 9.88 Å². The van der Waals surface area contributed by atoms with E-state index >= 15 is 0 Å². The highest BCUT2D eigenvalue weighted by Crippen LogP contribution is 2.30.